The van der Waals surface area contributed by atoms with Gasteiger partial charge in [-0.25, -0.2) is 0 Å². The third kappa shape index (κ3) is 4.74. The second kappa shape index (κ2) is 10.6. The largest absolute Gasteiger partial charge is 0.469 e. The molecular formula is C33H48O9SSi. The molecule has 0 amide bonds. The molecule has 1 aliphatic heterocycles. The number of methoxy groups -OCH3 is 1. The minimum absolute atomic E-state index is 0.00664. The fourth-order valence-electron chi connectivity index (χ4n) is 9.80. The molecule has 1 aromatic carbocycles. The average Bonchev–Trinajstić information content (AvgIpc) is 3.41. The minimum Gasteiger partial charge on any atom is -0.469 e. The number of rotatable bonds is 9. The number of esters is 2. The Hall–Kier alpha value is -1.79. The molecule has 1 heterocycles. The van der Waals surface area contributed by atoms with Crippen LogP contribution in [0.25, 0.3) is 0 Å². The Balaban J connectivity index is 1.44. The molecule has 44 heavy (non-hydrogen) atoms. The van der Waals surface area contributed by atoms with Gasteiger partial charge in [0.25, 0.3) is 10.1 Å². The zero-order valence-electron chi connectivity index (χ0n) is 27.1. The van der Waals surface area contributed by atoms with Gasteiger partial charge in [-0.2, -0.15) is 8.42 Å². The minimum atomic E-state index is -3.94. The topological polar surface area (TPSA) is 114 Å². The Morgan fingerprint density at radius 1 is 1.09 bits per heavy atom. The molecule has 244 valence electrons. The summed E-state index contributed by atoms with van der Waals surface area (Å²) in [7, 11) is -4.65. The Morgan fingerprint density at radius 2 is 1.80 bits per heavy atom. The molecule has 0 unspecified atom stereocenters. The van der Waals surface area contributed by atoms with Gasteiger partial charge < -0.3 is 18.6 Å². The van der Waals surface area contributed by atoms with E-state index in [9.17, 15) is 18.0 Å². The lowest BCUT2D eigenvalue weighted by Crippen LogP contribution is -2.58. The van der Waals surface area contributed by atoms with Crippen LogP contribution in [0.5, 0.6) is 0 Å². The zero-order valence-corrected chi connectivity index (χ0v) is 28.9. The molecule has 5 aliphatic rings. The first-order chi connectivity index (χ1) is 20.5. The number of hydrogen-bond acceptors (Lipinski definition) is 9. The van der Waals surface area contributed by atoms with Crippen molar-refractivity contribution in [2.45, 2.75) is 102 Å². The van der Waals surface area contributed by atoms with Crippen molar-refractivity contribution in [3.63, 3.8) is 0 Å². The highest BCUT2D eigenvalue weighted by Gasteiger charge is 2.85. The highest BCUT2D eigenvalue weighted by molar-refractivity contribution is 7.86. The van der Waals surface area contributed by atoms with Gasteiger partial charge in [-0.1, -0.05) is 51.1 Å². The summed E-state index contributed by atoms with van der Waals surface area (Å²) in [6.07, 6.45) is 4.00. The lowest BCUT2D eigenvalue weighted by Gasteiger charge is -2.46. The summed E-state index contributed by atoms with van der Waals surface area (Å²) in [5.74, 6) is -1.98. The molecule has 6 rings (SSSR count). The summed E-state index contributed by atoms with van der Waals surface area (Å²) in [4.78, 5) is 28.4. The smallest absolute Gasteiger partial charge is 0.318 e. The van der Waals surface area contributed by atoms with Gasteiger partial charge in [0.15, 0.2) is 8.32 Å². The fourth-order valence-corrected chi connectivity index (χ4v) is 11.9. The van der Waals surface area contributed by atoms with Crippen LogP contribution in [0.2, 0.25) is 18.1 Å². The molecule has 1 aromatic rings. The predicted molar refractivity (Wildman–Crippen MR) is 165 cm³/mol. The van der Waals surface area contributed by atoms with Crippen LogP contribution in [0.3, 0.4) is 0 Å². The Labute approximate surface area is 262 Å². The van der Waals surface area contributed by atoms with Gasteiger partial charge in [-0.15, -0.1) is 0 Å². The van der Waals surface area contributed by atoms with Crippen molar-refractivity contribution in [1.29, 1.82) is 0 Å². The highest BCUT2D eigenvalue weighted by atomic mass is 32.2. The normalized spacial score (nSPS) is 39.5. The van der Waals surface area contributed by atoms with Crippen molar-refractivity contribution in [1.82, 2.24) is 0 Å². The maximum Gasteiger partial charge on any atom is 0.318 e. The van der Waals surface area contributed by atoms with E-state index in [1.165, 1.54) is 7.11 Å². The lowest BCUT2D eigenvalue weighted by atomic mass is 9.58. The van der Waals surface area contributed by atoms with Gasteiger partial charge in [0, 0.05) is 17.9 Å². The molecule has 5 fully saturated rings. The van der Waals surface area contributed by atoms with E-state index in [4.69, 9.17) is 22.8 Å². The van der Waals surface area contributed by atoms with Crippen molar-refractivity contribution >= 4 is 30.4 Å². The standard InChI is InChI=1S/C33H48O9SSi/c1-30(2,3)44(6,7)42-23-18-31-17-22(23)13-14-24(31)33-16-15-25(41-43(5,36)37)32(29(35)40-33,27(33)26(31)28(34)38-4)20-39-19-21-11-9-8-10-12-21/h8-12,22-27H,13-20H2,1-7H3/t22-,23+,24-,25+,26-,27-,31-,32+,33-/m1/s1. The second-order valence-electron chi connectivity index (χ2n) is 15.6. The zero-order chi connectivity index (χ0) is 31.9. The molecule has 1 saturated heterocycles. The highest BCUT2D eigenvalue weighted by Crippen LogP contribution is 2.78. The number of hydrogen-bond donors (Lipinski definition) is 0. The number of carbonyl (C=O) groups excluding carboxylic acids is 2. The van der Waals surface area contributed by atoms with Crippen molar-refractivity contribution in [2.24, 2.45) is 34.5 Å². The van der Waals surface area contributed by atoms with E-state index in [2.05, 4.69) is 33.9 Å². The van der Waals surface area contributed by atoms with Crippen LogP contribution in [0, 0.1) is 34.5 Å². The van der Waals surface area contributed by atoms with E-state index in [1.807, 2.05) is 30.3 Å². The Morgan fingerprint density at radius 3 is 2.43 bits per heavy atom. The van der Waals surface area contributed by atoms with Gasteiger partial charge in [0.2, 0.25) is 0 Å². The Kier molecular flexibility index (Phi) is 7.76. The quantitative estimate of drug-likeness (QED) is 0.202. The van der Waals surface area contributed by atoms with Crippen LogP contribution in [-0.2, 0) is 49.1 Å². The molecule has 9 atom stereocenters. The molecule has 4 saturated carbocycles. The van der Waals surface area contributed by atoms with Crippen LogP contribution < -0.4 is 0 Å². The van der Waals surface area contributed by atoms with Crippen LogP contribution in [-0.4, -0.2) is 66.5 Å². The third-order valence-corrected chi connectivity index (χ3v) is 17.5. The predicted octanol–water partition coefficient (Wildman–Crippen LogP) is 5.24. The summed E-state index contributed by atoms with van der Waals surface area (Å²) in [5.41, 5.74) is -1.96. The second-order valence-corrected chi connectivity index (χ2v) is 22.0. The summed E-state index contributed by atoms with van der Waals surface area (Å²) in [5, 5.41) is 0.0375. The summed E-state index contributed by atoms with van der Waals surface area (Å²) in [6.45, 7) is 11.4. The summed E-state index contributed by atoms with van der Waals surface area (Å²) < 4.78 is 56.3. The van der Waals surface area contributed by atoms with E-state index >= 15 is 0 Å². The Bertz CT molecular complexity index is 1410. The van der Waals surface area contributed by atoms with Crippen LogP contribution in [0.4, 0.5) is 0 Å². The SMILES string of the molecule is COC(=O)[C@H]1[C@H]2[C@@]3(CC[C@H](OS(C)(=O)=O)[C@]2(COCc2ccccc2)C(=O)O3)[C@@H]2CC[C@@H]3C[C@@]21C[C@@H]3O[Si](C)(C)C(C)(C)C. The summed E-state index contributed by atoms with van der Waals surface area (Å²) >= 11 is 0. The maximum atomic E-state index is 14.3. The van der Waals surface area contributed by atoms with Crippen LogP contribution >= 0.6 is 0 Å². The van der Waals surface area contributed by atoms with Crippen molar-refractivity contribution in [3.8, 4) is 0 Å². The first kappa shape index (κ1) is 32.2. The molecular weight excluding hydrogens is 601 g/mol. The van der Waals surface area contributed by atoms with Gasteiger partial charge in [-0.3, -0.25) is 13.8 Å². The average molecular weight is 649 g/mol. The van der Waals surface area contributed by atoms with E-state index < -0.39 is 58.8 Å². The van der Waals surface area contributed by atoms with Crippen LogP contribution in [0.15, 0.2) is 30.3 Å². The number of benzene rings is 1. The molecule has 9 nitrogen and oxygen atoms in total. The van der Waals surface area contributed by atoms with Gasteiger partial charge in [0.05, 0.1) is 38.6 Å². The molecule has 0 N–H and O–H groups in total. The molecule has 0 aromatic heterocycles. The van der Waals surface area contributed by atoms with Crippen LogP contribution in [0.1, 0.15) is 64.9 Å². The van der Waals surface area contributed by atoms with Crippen molar-refractivity contribution in [3.05, 3.63) is 35.9 Å². The van der Waals surface area contributed by atoms with Crippen molar-refractivity contribution in [2.75, 3.05) is 20.0 Å². The lowest BCUT2D eigenvalue weighted by molar-refractivity contribution is -0.168. The van der Waals surface area contributed by atoms with Gasteiger partial charge >= 0.3 is 11.9 Å². The third-order valence-electron chi connectivity index (χ3n) is 12.4. The van der Waals surface area contributed by atoms with E-state index in [0.717, 1.165) is 31.1 Å². The molecule has 4 bridgehead atoms. The van der Waals surface area contributed by atoms with E-state index in [-0.39, 0.29) is 36.2 Å². The van der Waals surface area contributed by atoms with E-state index in [0.29, 0.717) is 25.2 Å². The van der Waals surface area contributed by atoms with E-state index in [1.54, 1.807) is 0 Å². The summed E-state index contributed by atoms with van der Waals surface area (Å²) in [6, 6.07) is 9.60. The maximum absolute atomic E-state index is 14.3. The number of carbonyl (C=O) groups is 2. The van der Waals surface area contributed by atoms with Crippen molar-refractivity contribution < 1.29 is 40.8 Å². The first-order valence-electron chi connectivity index (χ1n) is 16.0. The van der Waals surface area contributed by atoms with Gasteiger partial charge in [0.1, 0.15) is 11.0 Å². The fraction of sp³-hybridized carbons (Fsp3) is 0.758. The molecule has 0 radical (unpaired) electrons. The number of fused-ring (bicyclic) bond motifs is 1. The molecule has 1 spiro atoms. The molecule has 4 aliphatic carbocycles. The number of ether oxygens (including phenoxy) is 3. The first-order valence-corrected chi connectivity index (χ1v) is 20.7. The monoisotopic (exact) mass is 648 g/mol. The van der Waals surface area contributed by atoms with Gasteiger partial charge in [-0.05, 0) is 73.6 Å². The molecule has 11 heteroatoms.